The summed E-state index contributed by atoms with van der Waals surface area (Å²) in [5.74, 6) is -0.0763. The van der Waals surface area contributed by atoms with Crippen molar-refractivity contribution in [3.05, 3.63) is 106 Å². The maximum atomic E-state index is 14.9. The van der Waals surface area contributed by atoms with Crippen LogP contribution in [0.5, 0.6) is 5.75 Å². The van der Waals surface area contributed by atoms with Gasteiger partial charge in [0.25, 0.3) is 5.91 Å². The number of rotatable bonds is 5. The molecule has 1 aliphatic heterocycles. The number of aryl methyl sites for hydroxylation is 1. The summed E-state index contributed by atoms with van der Waals surface area (Å²) < 4.78 is 22.3. The molecule has 1 unspecified atom stereocenters. The highest BCUT2D eigenvalue weighted by Crippen LogP contribution is 2.38. The van der Waals surface area contributed by atoms with E-state index >= 15 is 0 Å². The molecular weight excluding hydrogens is 467 g/mol. The van der Waals surface area contributed by atoms with Gasteiger partial charge in [-0.25, -0.2) is 4.39 Å². The average molecular weight is 491 g/mol. The lowest BCUT2D eigenvalue weighted by Crippen LogP contribution is -2.43. The molecule has 1 atom stereocenters. The molecule has 178 valence electrons. The van der Waals surface area contributed by atoms with Gasteiger partial charge in [0.05, 0.1) is 41.3 Å². The van der Waals surface area contributed by atoms with Crippen LogP contribution in [-0.2, 0) is 6.54 Å². The van der Waals surface area contributed by atoms with Gasteiger partial charge in [-0.2, -0.15) is 5.10 Å². The molecule has 4 aromatic rings. The van der Waals surface area contributed by atoms with Gasteiger partial charge in [0.1, 0.15) is 17.7 Å². The normalized spacial score (nSPS) is 15.1. The molecule has 1 aliphatic rings. The zero-order valence-corrected chi connectivity index (χ0v) is 20.3. The summed E-state index contributed by atoms with van der Waals surface area (Å²) in [4.78, 5) is 15.1. The summed E-state index contributed by atoms with van der Waals surface area (Å²) in [6.45, 7) is 4.20. The molecule has 0 fully saturated rings. The molecule has 1 N–H and O–H groups in total. The van der Waals surface area contributed by atoms with Crippen LogP contribution in [0.4, 0.5) is 15.8 Å². The monoisotopic (exact) mass is 490 g/mol. The third-order valence-corrected chi connectivity index (χ3v) is 6.82. The Labute approximate surface area is 207 Å². The van der Waals surface area contributed by atoms with E-state index in [1.807, 2.05) is 48.9 Å². The van der Waals surface area contributed by atoms with Crippen LogP contribution in [0.15, 0.2) is 66.7 Å². The van der Waals surface area contributed by atoms with Crippen LogP contribution in [-0.4, -0.2) is 22.8 Å². The first kappa shape index (κ1) is 22.9. The number of anilines is 2. The molecule has 5 rings (SSSR count). The topological polar surface area (TPSA) is 59.4 Å². The van der Waals surface area contributed by atoms with E-state index in [2.05, 4.69) is 10.4 Å². The zero-order valence-electron chi connectivity index (χ0n) is 19.5. The maximum Gasteiger partial charge on any atom is 0.262 e. The number of ether oxygens (including phenoxy) is 1. The number of methoxy groups -OCH3 is 1. The minimum atomic E-state index is -0.636. The van der Waals surface area contributed by atoms with Gasteiger partial charge in [-0.1, -0.05) is 41.9 Å². The summed E-state index contributed by atoms with van der Waals surface area (Å²) in [5, 5.41) is 8.59. The number of fused-ring (bicyclic) bond motifs is 1. The van der Waals surface area contributed by atoms with Crippen LogP contribution in [0.2, 0.25) is 5.02 Å². The average Bonchev–Trinajstić information content (AvgIpc) is 3.11. The Hall–Kier alpha value is -3.84. The molecule has 0 saturated carbocycles. The summed E-state index contributed by atoms with van der Waals surface area (Å²) >= 11 is 6.35. The number of hydrogen-bond donors (Lipinski definition) is 1. The van der Waals surface area contributed by atoms with Gasteiger partial charge in [0.2, 0.25) is 0 Å². The fraction of sp³-hybridized carbons (Fsp3) is 0.185. The number of amides is 1. The molecular formula is C27H24ClFN4O2. The minimum Gasteiger partial charge on any atom is -0.496 e. The number of para-hydroxylation sites is 2. The molecule has 6 nitrogen and oxygen atoms in total. The second kappa shape index (κ2) is 9.07. The Morgan fingerprint density at radius 2 is 1.83 bits per heavy atom. The third kappa shape index (κ3) is 4.02. The van der Waals surface area contributed by atoms with Crippen molar-refractivity contribution in [1.29, 1.82) is 0 Å². The number of halogens is 2. The Morgan fingerprint density at radius 1 is 1.09 bits per heavy atom. The Bertz CT molecular complexity index is 1430. The van der Waals surface area contributed by atoms with E-state index in [1.165, 1.54) is 11.0 Å². The van der Waals surface area contributed by atoms with Crippen molar-refractivity contribution in [1.82, 2.24) is 9.78 Å². The predicted molar refractivity (Wildman–Crippen MR) is 135 cm³/mol. The standard InChI is InChI=1S/C27H24ClFN4O2/c1-16-25(28)17(2)32(31-16)15-19-14-18(12-13-24(19)35-3)26-30-22-10-6-4-8-20(22)27(34)33(26)23-11-7-5-9-21(23)29/h4-14,26,30H,15H2,1-3H3. The van der Waals surface area contributed by atoms with Crippen molar-refractivity contribution >= 4 is 28.9 Å². The first-order valence-electron chi connectivity index (χ1n) is 11.2. The van der Waals surface area contributed by atoms with Gasteiger partial charge in [-0.15, -0.1) is 0 Å². The third-order valence-electron chi connectivity index (χ3n) is 6.27. The van der Waals surface area contributed by atoms with Crippen molar-refractivity contribution in [2.75, 3.05) is 17.3 Å². The van der Waals surface area contributed by atoms with E-state index in [0.717, 1.165) is 22.5 Å². The molecule has 0 spiro atoms. The first-order valence-corrected chi connectivity index (χ1v) is 11.6. The fourth-order valence-electron chi connectivity index (χ4n) is 4.46. The SMILES string of the molecule is COc1ccc(C2Nc3ccccc3C(=O)N2c2ccccc2F)cc1Cn1nc(C)c(Cl)c1C. The number of nitrogens with one attached hydrogen (secondary N) is 1. The summed E-state index contributed by atoms with van der Waals surface area (Å²) in [7, 11) is 1.61. The van der Waals surface area contributed by atoms with E-state index in [1.54, 1.807) is 37.4 Å². The molecule has 0 aliphatic carbocycles. The van der Waals surface area contributed by atoms with E-state index in [4.69, 9.17) is 16.3 Å². The number of nitrogens with zero attached hydrogens (tertiary/aromatic N) is 3. The highest BCUT2D eigenvalue weighted by molar-refractivity contribution is 6.31. The van der Waals surface area contributed by atoms with E-state index in [9.17, 15) is 9.18 Å². The molecule has 0 saturated heterocycles. The number of hydrogen-bond acceptors (Lipinski definition) is 4. The van der Waals surface area contributed by atoms with Gasteiger partial charge in [-0.3, -0.25) is 14.4 Å². The fourth-order valence-corrected chi connectivity index (χ4v) is 4.60. The van der Waals surface area contributed by atoms with E-state index in [-0.39, 0.29) is 11.6 Å². The predicted octanol–water partition coefficient (Wildman–Crippen LogP) is 6.12. The molecule has 1 aromatic heterocycles. The molecule has 3 aromatic carbocycles. The number of carbonyl (C=O) groups excluding carboxylic acids is 1. The lowest BCUT2D eigenvalue weighted by Gasteiger charge is -2.38. The first-order chi connectivity index (χ1) is 16.9. The summed E-state index contributed by atoms with van der Waals surface area (Å²) in [6, 6.07) is 19.2. The van der Waals surface area contributed by atoms with Crippen LogP contribution in [0, 0.1) is 19.7 Å². The second-order valence-electron chi connectivity index (χ2n) is 8.43. The minimum absolute atomic E-state index is 0.201. The largest absolute Gasteiger partial charge is 0.496 e. The van der Waals surface area contributed by atoms with Crippen LogP contribution >= 0.6 is 11.6 Å². The van der Waals surface area contributed by atoms with Gasteiger partial charge >= 0.3 is 0 Å². The number of benzene rings is 3. The number of carbonyl (C=O) groups is 1. The van der Waals surface area contributed by atoms with Crippen molar-refractivity contribution in [3.63, 3.8) is 0 Å². The lowest BCUT2D eigenvalue weighted by atomic mass is 10.0. The smallest absolute Gasteiger partial charge is 0.262 e. The van der Waals surface area contributed by atoms with Gasteiger partial charge in [0.15, 0.2) is 0 Å². The summed E-state index contributed by atoms with van der Waals surface area (Å²) in [6.07, 6.45) is -0.636. The zero-order chi connectivity index (χ0) is 24.7. The molecule has 2 heterocycles. The lowest BCUT2D eigenvalue weighted by molar-refractivity contribution is 0.0974. The molecule has 35 heavy (non-hydrogen) atoms. The van der Waals surface area contributed by atoms with E-state index < -0.39 is 12.0 Å². The van der Waals surface area contributed by atoms with Crippen LogP contribution in [0.1, 0.15) is 39.0 Å². The van der Waals surface area contributed by atoms with Crippen LogP contribution < -0.4 is 15.0 Å². The van der Waals surface area contributed by atoms with Gasteiger partial charge < -0.3 is 10.1 Å². The van der Waals surface area contributed by atoms with Crippen molar-refractivity contribution in [3.8, 4) is 5.75 Å². The van der Waals surface area contributed by atoms with Gasteiger partial charge in [0, 0.05) is 11.3 Å². The Balaban J connectivity index is 1.62. The highest BCUT2D eigenvalue weighted by Gasteiger charge is 2.35. The second-order valence-corrected chi connectivity index (χ2v) is 8.81. The van der Waals surface area contributed by atoms with Gasteiger partial charge in [-0.05, 0) is 55.8 Å². The maximum absolute atomic E-state index is 14.9. The Kier molecular flexibility index (Phi) is 5.94. The Morgan fingerprint density at radius 3 is 2.54 bits per heavy atom. The van der Waals surface area contributed by atoms with Crippen LogP contribution in [0.3, 0.4) is 0 Å². The van der Waals surface area contributed by atoms with Crippen LogP contribution in [0.25, 0.3) is 0 Å². The summed E-state index contributed by atoms with van der Waals surface area (Å²) in [5.41, 5.74) is 4.61. The quantitative estimate of drug-likeness (QED) is 0.366. The van der Waals surface area contributed by atoms with Crippen molar-refractivity contribution < 1.29 is 13.9 Å². The number of aromatic nitrogens is 2. The van der Waals surface area contributed by atoms with E-state index in [0.29, 0.717) is 28.6 Å². The molecule has 0 bridgehead atoms. The molecule has 1 amide bonds. The van der Waals surface area contributed by atoms with Crippen molar-refractivity contribution in [2.45, 2.75) is 26.6 Å². The van der Waals surface area contributed by atoms with Crippen molar-refractivity contribution in [2.24, 2.45) is 0 Å². The molecule has 0 radical (unpaired) electrons. The highest BCUT2D eigenvalue weighted by atomic mass is 35.5. The molecule has 8 heteroatoms.